The first-order valence-corrected chi connectivity index (χ1v) is 11.2. The second-order valence-corrected chi connectivity index (χ2v) is 8.49. The summed E-state index contributed by atoms with van der Waals surface area (Å²) in [6, 6.07) is 21.6. The van der Waals surface area contributed by atoms with E-state index >= 15 is 0 Å². The summed E-state index contributed by atoms with van der Waals surface area (Å²) in [5, 5.41) is 3.12. The molecule has 6 heteroatoms. The van der Waals surface area contributed by atoms with E-state index in [1.807, 2.05) is 78.2 Å². The molecule has 1 unspecified atom stereocenters. The number of carbonyl (C=O) groups is 2. The lowest BCUT2D eigenvalue weighted by molar-refractivity contribution is -0.132. The van der Waals surface area contributed by atoms with Gasteiger partial charge in [0.15, 0.2) is 0 Å². The molecule has 0 bridgehead atoms. The fourth-order valence-corrected chi connectivity index (χ4v) is 4.73. The van der Waals surface area contributed by atoms with Gasteiger partial charge in [0.1, 0.15) is 17.2 Å². The van der Waals surface area contributed by atoms with Crippen LogP contribution in [0.15, 0.2) is 72.9 Å². The summed E-state index contributed by atoms with van der Waals surface area (Å²) in [7, 11) is 0. The lowest BCUT2D eigenvalue weighted by Gasteiger charge is -2.36. The summed E-state index contributed by atoms with van der Waals surface area (Å²) in [4.78, 5) is 32.4. The summed E-state index contributed by atoms with van der Waals surface area (Å²) in [6.45, 7) is 4.19. The molecule has 2 aromatic carbocycles. The number of imidazole rings is 1. The Hall–Kier alpha value is -3.93. The van der Waals surface area contributed by atoms with Crippen LogP contribution in [0.4, 0.5) is 5.82 Å². The number of anilines is 1. The SMILES string of the molecule is CC(=O)N1CCc2ccccc2C1CC(=O)Nc1c(-c2ccccc2)nc2c(C)cccn12. The molecule has 3 heterocycles. The van der Waals surface area contributed by atoms with Crippen LogP contribution < -0.4 is 5.32 Å². The number of amides is 2. The minimum Gasteiger partial charge on any atom is -0.335 e. The second kappa shape index (κ2) is 8.54. The number of hydrogen-bond donors (Lipinski definition) is 1. The number of nitrogens with zero attached hydrogens (tertiary/aromatic N) is 3. The molecule has 2 aromatic heterocycles. The standard InChI is InChI=1S/C27H26N4O2/c1-18-9-8-15-31-26(18)29-25(21-11-4-3-5-12-21)27(31)28-24(33)17-23-22-13-7-6-10-20(22)14-16-30(23)19(2)32/h3-13,15,23H,14,16-17H2,1-2H3,(H,28,33). The zero-order valence-corrected chi connectivity index (χ0v) is 18.8. The third kappa shape index (κ3) is 3.89. The number of aromatic nitrogens is 2. The first kappa shape index (κ1) is 20.9. The van der Waals surface area contributed by atoms with Gasteiger partial charge in [0, 0.05) is 25.2 Å². The lowest BCUT2D eigenvalue weighted by Crippen LogP contribution is -2.40. The summed E-state index contributed by atoms with van der Waals surface area (Å²) in [5.41, 5.74) is 5.74. The molecule has 1 atom stereocenters. The second-order valence-electron chi connectivity index (χ2n) is 8.49. The number of aryl methyl sites for hydroxylation is 1. The van der Waals surface area contributed by atoms with Crippen molar-refractivity contribution in [1.82, 2.24) is 14.3 Å². The van der Waals surface area contributed by atoms with E-state index in [2.05, 4.69) is 11.4 Å². The summed E-state index contributed by atoms with van der Waals surface area (Å²) >= 11 is 0. The van der Waals surface area contributed by atoms with Gasteiger partial charge in [-0.3, -0.25) is 14.0 Å². The zero-order valence-electron chi connectivity index (χ0n) is 18.8. The van der Waals surface area contributed by atoms with Gasteiger partial charge in [0.05, 0.1) is 12.5 Å². The van der Waals surface area contributed by atoms with Gasteiger partial charge in [-0.25, -0.2) is 4.98 Å². The van der Waals surface area contributed by atoms with Gasteiger partial charge < -0.3 is 10.2 Å². The third-order valence-electron chi connectivity index (χ3n) is 6.35. The van der Waals surface area contributed by atoms with Crippen LogP contribution in [0.3, 0.4) is 0 Å². The fraction of sp³-hybridized carbons (Fsp3) is 0.222. The van der Waals surface area contributed by atoms with Crippen LogP contribution in [0.5, 0.6) is 0 Å². The van der Waals surface area contributed by atoms with E-state index in [0.29, 0.717) is 12.4 Å². The summed E-state index contributed by atoms with van der Waals surface area (Å²) in [6.07, 6.45) is 2.90. The normalized spacial score (nSPS) is 15.3. The van der Waals surface area contributed by atoms with Crippen LogP contribution >= 0.6 is 0 Å². The van der Waals surface area contributed by atoms with Gasteiger partial charge in [-0.15, -0.1) is 0 Å². The molecule has 33 heavy (non-hydrogen) atoms. The highest BCUT2D eigenvalue weighted by Gasteiger charge is 2.31. The van der Waals surface area contributed by atoms with Gasteiger partial charge in [-0.1, -0.05) is 60.7 Å². The third-order valence-corrected chi connectivity index (χ3v) is 6.35. The van der Waals surface area contributed by atoms with Crippen LogP contribution in [0, 0.1) is 6.92 Å². The fourth-order valence-electron chi connectivity index (χ4n) is 4.73. The van der Waals surface area contributed by atoms with Crippen molar-refractivity contribution in [2.24, 2.45) is 0 Å². The molecule has 5 rings (SSSR count). The lowest BCUT2D eigenvalue weighted by atomic mass is 9.90. The molecule has 0 aliphatic carbocycles. The Bertz CT molecular complexity index is 1340. The number of pyridine rings is 1. The number of benzene rings is 2. The van der Waals surface area contributed by atoms with E-state index in [-0.39, 0.29) is 24.3 Å². The van der Waals surface area contributed by atoms with E-state index in [4.69, 9.17) is 4.98 Å². The first-order chi connectivity index (χ1) is 16.0. The molecule has 1 aliphatic heterocycles. The van der Waals surface area contributed by atoms with Gasteiger partial charge in [-0.2, -0.15) is 0 Å². The van der Waals surface area contributed by atoms with E-state index in [1.54, 1.807) is 11.8 Å². The molecule has 6 nitrogen and oxygen atoms in total. The Morgan fingerprint density at radius 3 is 2.58 bits per heavy atom. The minimum absolute atomic E-state index is 0.0160. The summed E-state index contributed by atoms with van der Waals surface area (Å²) in [5.74, 6) is 0.476. The van der Waals surface area contributed by atoms with E-state index in [9.17, 15) is 9.59 Å². The Labute approximate surface area is 192 Å². The van der Waals surface area contributed by atoms with Crippen LogP contribution in [0.1, 0.15) is 36.1 Å². The molecule has 4 aromatic rings. The van der Waals surface area contributed by atoms with Crippen molar-refractivity contribution in [2.75, 3.05) is 11.9 Å². The molecule has 0 radical (unpaired) electrons. The maximum atomic E-state index is 13.4. The summed E-state index contributed by atoms with van der Waals surface area (Å²) < 4.78 is 1.92. The van der Waals surface area contributed by atoms with Crippen LogP contribution in [0.25, 0.3) is 16.9 Å². The molecular formula is C27H26N4O2. The van der Waals surface area contributed by atoms with E-state index in [0.717, 1.165) is 34.5 Å². The van der Waals surface area contributed by atoms with Crippen molar-refractivity contribution in [2.45, 2.75) is 32.7 Å². The number of hydrogen-bond acceptors (Lipinski definition) is 3. The van der Waals surface area contributed by atoms with Gasteiger partial charge in [0.2, 0.25) is 11.8 Å². The predicted octanol–water partition coefficient (Wildman–Crippen LogP) is 4.78. The number of fused-ring (bicyclic) bond motifs is 2. The minimum atomic E-state index is -0.284. The van der Waals surface area contributed by atoms with Crippen LogP contribution in [-0.4, -0.2) is 32.6 Å². The van der Waals surface area contributed by atoms with Gasteiger partial charge >= 0.3 is 0 Å². The maximum absolute atomic E-state index is 13.4. The molecule has 2 amide bonds. The predicted molar refractivity (Wildman–Crippen MR) is 129 cm³/mol. The molecule has 1 N–H and O–H groups in total. The van der Waals surface area contributed by atoms with Crippen molar-refractivity contribution >= 4 is 23.3 Å². The monoisotopic (exact) mass is 438 g/mol. The molecular weight excluding hydrogens is 412 g/mol. The van der Waals surface area contributed by atoms with Gasteiger partial charge in [0.25, 0.3) is 0 Å². The van der Waals surface area contributed by atoms with Crippen molar-refractivity contribution in [1.29, 1.82) is 0 Å². The molecule has 0 spiro atoms. The highest BCUT2D eigenvalue weighted by Crippen LogP contribution is 2.34. The Kier molecular flexibility index (Phi) is 5.42. The average Bonchev–Trinajstić information content (AvgIpc) is 3.19. The van der Waals surface area contributed by atoms with Crippen molar-refractivity contribution < 1.29 is 9.59 Å². The number of rotatable bonds is 4. The maximum Gasteiger partial charge on any atom is 0.227 e. The quantitative estimate of drug-likeness (QED) is 0.498. The average molecular weight is 439 g/mol. The van der Waals surface area contributed by atoms with Crippen molar-refractivity contribution in [3.63, 3.8) is 0 Å². The Morgan fingerprint density at radius 1 is 1.03 bits per heavy atom. The molecule has 0 saturated heterocycles. The van der Waals surface area contributed by atoms with Crippen molar-refractivity contribution in [3.8, 4) is 11.3 Å². The molecule has 0 saturated carbocycles. The van der Waals surface area contributed by atoms with Crippen LogP contribution in [0.2, 0.25) is 0 Å². The Balaban J connectivity index is 1.51. The zero-order chi connectivity index (χ0) is 22.9. The molecule has 1 aliphatic rings. The largest absolute Gasteiger partial charge is 0.335 e. The highest BCUT2D eigenvalue weighted by atomic mass is 16.2. The topological polar surface area (TPSA) is 66.7 Å². The molecule has 0 fully saturated rings. The van der Waals surface area contributed by atoms with Crippen LogP contribution in [-0.2, 0) is 16.0 Å². The van der Waals surface area contributed by atoms with Gasteiger partial charge in [-0.05, 0) is 36.1 Å². The van der Waals surface area contributed by atoms with Crippen molar-refractivity contribution in [3.05, 3.63) is 89.6 Å². The first-order valence-electron chi connectivity index (χ1n) is 11.2. The smallest absolute Gasteiger partial charge is 0.227 e. The molecule has 166 valence electrons. The van der Waals surface area contributed by atoms with E-state index in [1.165, 1.54) is 5.56 Å². The highest BCUT2D eigenvalue weighted by molar-refractivity contribution is 5.95. The number of nitrogens with one attached hydrogen (secondary N) is 1. The van der Waals surface area contributed by atoms with E-state index < -0.39 is 0 Å². The Morgan fingerprint density at radius 2 is 1.79 bits per heavy atom. The number of carbonyl (C=O) groups excluding carboxylic acids is 2.